The van der Waals surface area contributed by atoms with Crippen LogP contribution in [-0.2, 0) is 0 Å². The summed E-state index contributed by atoms with van der Waals surface area (Å²) in [5, 5.41) is 13.5. The third-order valence-electron chi connectivity index (χ3n) is 5.27. The molecule has 0 saturated heterocycles. The van der Waals surface area contributed by atoms with Crippen molar-refractivity contribution in [3.63, 3.8) is 0 Å². The van der Waals surface area contributed by atoms with Gasteiger partial charge in [-0.25, -0.2) is 23.4 Å². The first-order chi connectivity index (χ1) is 18.2. The van der Waals surface area contributed by atoms with Gasteiger partial charge in [0.2, 0.25) is 0 Å². The Kier molecular flexibility index (Phi) is 7.19. The van der Waals surface area contributed by atoms with Crippen molar-refractivity contribution < 1.29 is 47.7 Å². The lowest BCUT2D eigenvalue weighted by molar-refractivity contribution is -2.00. The van der Waals surface area contributed by atoms with Crippen LogP contribution < -0.4 is 32.7 Å². The highest BCUT2D eigenvalue weighted by atomic mass is 35.7. The number of carbonyl (C=O) groups excluding carboxylic acids is 1. The van der Waals surface area contributed by atoms with Crippen LogP contribution in [0.2, 0.25) is 0 Å². The van der Waals surface area contributed by atoms with E-state index in [1.807, 2.05) is 72.8 Å². The molecule has 0 unspecified atom stereocenters. The maximum absolute atomic E-state index is 12.9. The molecule has 38 heavy (non-hydrogen) atoms. The molecule has 1 aliphatic heterocycles. The molecule has 190 valence electrons. The van der Waals surface area contributed by atoms with E-state index < -0.39 is 10.2 Å². The number of hydrogen-bond acceptors (Lipinski definition) is 10. The molecular weight excluding hydrogens is 552 g/mol. The molecule has 2 aromatic carbocycles. The average molecular weight is 567 g/mol. The van der Waals surface area contributed by atoms with Crippen molar-refractivity contribution in [1.29, 1.82) is 0 Å². The molecule has 0 fully saturated rings. The second kappa shape index (κ2) is 10.6. The minimum Gasteiger partial charge on any atom is -0.841 e. The minimum atomic E-state index is -4.94. The van der Waals surface area contributed by atoms with E-state index >= 15 is 0 Å². The van der Waals surface area contributed by atoms with E-state index in [0.29, 0.717) is 19.9 Å². The number of aromatic nitrogens is 4. The standard InChI is InChI=1S/C25H15N4O2S2.ClHO4/c30-22-20(32-24-26-18(11-13-28(22)24)16-7-3-1-4-8-16)15-21-23(31)29-14-12-19(27-25(29)33-21)17-9-5-2-6-10-17;2-1(3,4)5/h1-15H;(H,2,3,4,5)/q+1;/p-1. The molecule has 0 saturated carbocycles. The smallest absolute Gasteiger partial charge is 0.387 e. The van der Waals surface area contributed by atoms with Crippen LogP contribution in [0.1, 0.15) is 9.67 Å². The number of carbonyl (C=O) groups is 1. The molecule has 0 radical (unpaired) electrons. The van der Waals surface area contributed by atoms with E-state index in [4.69, 9.17) is 18.6 Å². The molecule has 1 aliphatic rings. The van der Waals surface area contributed by atoms with Gasteiger partial charge in [0.15, 0.2) is 11.4 Å². The van der Waals surface area contributed by atoms with E-state index in [-0.39, 0.29) is 11.8 Å². The van der Waals surface area contributed by atoms with Crippen LogP contribution in [0.5, 0.6) is 5.88 Å². The lowest BCUT2D eigenvalue weighted by atomic mass is 10.1. The van der Waals surface area contributed by atoms with Gasteiger partial charge in [-0.1, -0.05) is 60.7 Å². The molecule has 10 nitrogen and oxygen atoms in total. The van der Waals surface area contributed by atoms with E-state index in [1.54, 1.807) is 18.5 Å². The summed E-state index contributed by atoms with van der Waals surface area (Å²) in [7, 11) is -4.94. The lowest BCUT2D eigenvalue weighted by Crippen LogP contribution is -2.68. The number of fused-ring (bicyclic) bond motifs is 2. The molecule has 3 aromatic heterocycles. The lowest BCUT2D eigenvalue weighted by Gasteiger charge is -2.17. The Morgan fingerprint density at radius 2 is 1.34 bits per heavy atom. The third-order valence-corrected chi connectivity index (χ3v) is 7.24. The molecule has 0 atom stereocenters. The summed E-state index contributed by atoms with van der Waals surface area (Å²) in [4.78, 5) is 23.7. The maximum Gasteiger partial charge on any atom is 0.387 e. The van der Waals surface area contributed by atoms with E-state index in [0.717, 1.165) is 22.5 Å². The van der Waals surface area contributed by atoms with Gasteiger partial charge in [-0.3, -0.25) is 0 Å². The second-order valence-corrected chi connectivity index (χ2v) is 10.5. The Bertz CT molecular complexity index is 1670. The first kappa shape index (κ1) is 25.9. The van der Waals surface area contributed by atoms with Gasteiger partial charge in [-0.2, -0.15) is 8.97 Å². The van der Waals surface area contributed by atoms with Gasteiger partial charge in [0, 0.05) is 35.0 Å². The van der Waals surface area contributed by atoms with Crippen molar-refractivity contribution in [2.45, 2.75) is 5.16 Å². The second-order valence-electron chi connectivity index (χ2n) is 7.73. The Morgan fingerprint density at radius 1 is 0.789 bits per heavy atom. The monoisotopic (exact) mass is 566 g/mol. The van der Waals surface area contributed by atoms with Crippen molar-refractivity contribution in [2.75, 3.05) is 0 Å². The van der Waals surface area contributed by atoms with Gasteiger partial charge in [0.1, 0.15) is 17.3 Å². The fraction of sp³-hybridized carbons (Fsp3) is 0. The number of allylic oxidation sites excluding steroid dienone is 1. The molecule has 5 aromatic rings. The first-order valence-electron chi connectivity index (χ1n) is 10.8. The molecule has 0 spiro atoms. The fourth-order valence-corrected chi connectivity index (χ4v) is 5.59. The summed E-state index contributed by atoms with van der Waals surface area (Å²) < 4.78 is 37.0. The van der Waals surface area contributed by atoms with Gasteiger partial charge in [0.05, 0.1) is 10.8 Å². The Balaban J connectivity index is 0.000000540. The van der Waals surface area contributed by atoms with Crippen LogP contribution in [0.3, 0.4) is 0 Å². The summed E-state index contributed by atoms with van der Waals surface area (Å²) in [6.45, 7) is 0. The van der Waals surface area contributed by atoms with E-state index in [2.05, 4.69) is 9.97 Å². The summed E-state index contributed by atoms with van der Waals surface area (Å²) in [5.41, 5.74) is 3.55. The van der Waals surface area contributed by atoms with Gasteiger partial charge in [-0.15, -0.1) is 10.2 Å². The van der Waals surface area contributed by atoms with Crippen molar-refractivity contribution in [3.05, 3.63) is 95.0 Å². The predicted octanol–water partition coefficient (Wildman–Crippen LogP) is -0.997. The quantitative estimate of drug-likeness (QED) is 0.151. The van der Waals surface area contributed by atoms with Crippen LogP contribution in [0.25, 0.3) is 33.6 Å². The highest BCUT2D eigenvalue weighted by Crippen LogP contribution is 2.34. The van der Waals surface area contributed by atoms with Crippen molar-refractivity contribution in [2.24, 2.45) is 0 Å². The minimum absolute atomic E-state index is 0.193. The summed E-state index contributed by atoms with van der Waals surface area (Å²) in [6.07, 6.45) is 5.10. The zero-order valence-electron chi connectivity index (χ0n) is 19.1. The number of nitrogens with zero attached hydrogens (tertiary/aromatic N) is 4. The average Bonchev–Trinajstić information content (AvgIpc) is 3.39. The Hall–Kier alpha value is -3.75. The van der Waals surface area contributed by atoms with Gasteiger partial charge < -0.3 is 5.11 Å². The number of halogens is 1. The first-order valence-corrected chi connectivity index (χ1v) is 13.7. The number of benzene rings is 2. The van der Waals surface area contributed by atoms with Crippen LogP contribution in [0, 0.1) is 10.2 Å². The molecule has 0 aliphatic carbocycles. The van der Waals surface area contributed by atoms with Crippen LogP contribution in [0.4, 0.5) is 0 Å². The fourth-order valence-electron chi connectivity index (χ4n) is 3.62. The van der Waals surface area contributed by atoms with Crippen LogP contribution in [-0.4, -0.2) is 15.9 Å². The molecule has 0 amide bonds. The van der Waals surface area contributed by atoms with Crippen molar-refractivity contribution in [1.82, 2.24) is 9.97 Å². The van der Waals surface area contributed by atoms with Crippen LogP contribution in [0.15, 0.2) is 95.3 Å². The highest BCUT2D eigenvalue weighted by Gasteiger charge is 2.35. The van der Waals surface area contributed by atoms with Crippen molar-refractivity contribution >= 4 is 40.0 Å². The van der Waals surface area contributed by atoms with Crippen molar-refractivity contribution in [3.8, 4) is 28.4 Å². The van der Waals surface area contributed by atoms with Crippen LogP contribution >= 0.6 is 23.1 Å². The van der Waals surface area contributed by atoms with E-state index in [1.165, 1.54) is 32.1 Å². The topological polar surface area (TPSA) is 166 Å². The number of thiazole rings is 1. The predicted molar refractivity (Wildman–Crippen MR) is 124 cm³/mol. The summed E-state index contributed by atoms with van der Waals surface area (Å²) in [6, 6.07) is 23.3. The zero-order valence-corrected chi connectivity index (χ0v) is 21.5. The zero-order chi connectivity index (χ0) is 26.9. The molecule has 0 bridgehead atoms. The molecule has 4 heterocycles. The van der Waals surface area contributed by atoms with Gasteiger partial charge in [0.25, 0.3) is 0 Å². The van der Waals surface area contributed by atoms with Gasteiger partial charge >= 0.3 is 16.0 Å². The highest BCUT2D eigenvalue weighted by molar-refractivity contribution is 8.04. The Labute approximate surface area is 225 Å². The molecule has 0 N–H and O–H groups in total. The molecule has 13 heteroatoms. The third kappa shape index (κ3) is 5.71. The summed E-state index contributed by atoms with van der Waals surface area (Å²) in [5.74, 6) is -0.385. The number of rotatable bonds is 3. The number of hydrogen-bond donors (Lipinski definition) is 0. The van der Waals surface area contributed by atoms with E-state index in [9.17, 15) is 9.90 Å². The SMILES string of the molecule is O=C1/C(=C/c2sc3nc(-c4ccccc4)cc[n+]3c2[O-])Sc2nc(-c3ccccc3)cc[n+]21.[O-][Cl+3]([O-])([O-])[O-]. The Morgan fingerprint density at radius 3 is 1.95 bits per heavy atom. The summed E-state index contributed by atoms with van der Waals surface area (Å²) >= 11 is 2.54. The van der Waals surface area contributed by atoms with Gasteiger partial charge in [-0.05, 0) is 27.4 Å². The normalized spacial score (nSPS) is 13.9. The maximum atomic E-state index is 12.9. The molecular formula is C25H15ClN4O6S2. The largest absolute Gasteiger partial charge is 0.841 e. The number of thioether (sulfide) groups is 1. The molecule has 6 rings (SSSR count).